The van der Waals surface area contributed by atoms with Gasteiger partial charge < -0.3 is 5.32 Å². The second-order valence-electron chi connectivity index (χ2n) is 3.80. The van der Waals surface area contributed by atoms with E-state index in [1.54, 1.807) is 11.3 Å². The van der Waals surface area contributed by atoms with E-state index in [4.69, 9.17) is 11.6 Å². The molecule has 18 heavy (non-hydrogen) atoms. The molecule has 1 atom stereocenters. The molecule has 0 saturated heterocycles. The Morgan fingerprint density at radius 2 is 2.06 bits per heavy atom. The summed E-state index contributed by atoms with van der Waals surface area (Å²) in [5, 5.41) is 6.33. The predicted molar refractivity (Wildman–Crippen MR) is 86.7 cm³/mol. The highest BCUT2D eigenvalue weighted by atomic mass is 79.9. The minimum Gasteiger partial charge on any atom is -0.306 e. The van der Waals surface area contributed by atoms with Gasteiger partial charge in [-0.3, -0.25) is 0 Å². The molecule has 1 nitrogen and oxygen atoms in total. The van der Waals surface area contributed by atoms with E-state index in [1.807, 2.05) is 6.07 Å². The van der Waals surface area contributed by atoms with E-state index in [2.05, 4.69) is 67.7 Å². The summed E-state index contributed by atoms with van der Waals surface area (Å²) in [7, 11) is 0. The van der Waals surface area contributed by atoms with Crippen molar-refractivity contribution in [1.82, 2.24) is 5.32 Å². The second-order valence-corrected chi connectivity index (χ2v) is 6.86. The molecule has 1 N–H and O–H groups in total. The fourth-order valence-corrected chi connectivity index (χ4v) is 3.99. The number of hydrogen-bond donors (Lipinski definition) is 1. The smallest absolute Gasteiger partial charge is 0.0682 e. The SMILES string of the molecule is CCNC(c1ccc(Cl)c(Br)c1)c1sccc1Br. The zero-order chi connectivity index (χ0) is 13.1. The summed E-state index contributed by atoms with van der Waals surface area (Å²) in [4.78, 5) is 1.28. The standard InChI is InChI=1S/C13H12Br2ClNS/c1-2-17-12(13-9(14)5-6-18-13)8-3-4-11(16)10(15)7-8/h3-7,12,17H,2H2,1H3. The monoisotopic (exact) mass is 407 g/mol. The van der Waals surface area contributed by atoms with Crippen molar-refractivity contribution >= 4 is 54.8 Å². The van der Waals surface area contributed by atoms with Crippen LogP contribution in [0.4, 0.5) is 0 Å². The molecule has 1 aromatic heterocycles. The van der Waals surface area contributed by atoms with E-state index >= 15 is 0 Å². The molecule has 1 unspecified atom stereocenters. The first kappa shape index (κ1) is 14.5. The van der Waals surface area contributed by atoms with Crippen LogP contribution in [0.1, 0.15) is 23.4 Å². The van der Waals surface area contributed by atoms with Crippen molar-refractivity contribution in [1.29, 1.82) is 0 Å². The van der Waals surface area contributed by atoms with E-state index in [1.165, 1.54) is 10.4 Å². The van der Waals surface area contributed by atoms with Gasteiger partial charge in [-0.15, -0.1) is 11.3 Å². The Kier molecular flexibility index (Phi) is 5.27. The van der Waals surface area contributed by atoms with Gasteiger partial charge in [0.2, 0.25) is 0 Å². The van der Waals surface area contributed by atoms with Crippen LogP contribution < -0.4 is 5.32 Å². The Morgan fingerprint density at radius 3 is 2.61 bits per heavy atom. The normalized spacial score (nSPS) is 12.7. The first-order chi connectivity index (χ1) is 8.63. The molecule has 1 heterocycles. The van der Waals surface area contributed by atoms with Crippen molar-refractivity contribution < 1.29 is 0 Å². The lowest BCUT2D eigenvalue weighted by Crippen LogP contribution is -2.21. The topological polar surface area (TPSA) is 12.0 Å². The zero-order valence-corrected chi connectivity index (χ0v) is 14.5. The van der Waals surface area contributed by atoms with Gasteiger partial charge in [-0.25, -0.2) is 0 Å². The van der Waals surface area contributed by atoms with Gasteiger partial charge in [0.05, 0.1) is 11.1 Å². The molecular formula is C13H12Br2ClNS. The molecule has 5 heteroatoms. The third kappa shape index (κ3) is 3.17. The van der Waals surface area contributed by atoms with E-state index in [-0.39, 0.29) is 6.04 Å². The summed E-state index contributed by atoms with van der Waals surface area (Å²) in [5.74, 6) is 0. The molecular weight excluding hydrogens is 397 g/mol. The van der Waals surface area contributed by atoms with Gasteiger partial charge in [-0.2, -0.15) is 0 Å². The maximum absolute atomic E-state index is 6.04. The van der Waals surface area contributed by atoms with E-state index in [0.29, 0.717) is 0 Å². The van der Waals surface area contributed by atoms with E-state index in [0.717, 1.165) is 20.5 Å². The third-order valence-corrected chi connectivity index (χ3v) is 5.74. The van der Waals surface area contributed by atoms with E-state index in [9.17, 15) is 0 Å². The molecule has 0 bridgehead atoms. The second kappa shape index (κ2) is 6.53. The molecule has 96 valence electrons. The third-order valence-electron chi connectivity index (χ3n) is 2.59. The van der Waals surface area contributed by atoms with Crippen molar-refractivity contribution in [2.75, 3.05) is 6.54 Å². The van der Waals surface area contributed by atoms with Crippen molar-refractivity contribution in [3.05, 3.63) is 54.1 Å². The molecule has 2 aromatic rings. The average molecular weight is 410 g/mol. The van der Waals surface area contributed by atoms with Crippen molar-refractivity contribution in [2.24, 2.45) is 0 Å². The summed E-state index contributed by atoms with van der Waals surface area (Å²) in [5.41, 5.74) is 1.20. The Hall–Kier alpha value is 0.130. The number of hydrogen-bond acceptors (Lipinski definition) is 2. The number of benzene rings is 1. The van der Waals surface area contributed by atoms with Crippen LogP contribution in [-0.2, 0) is 0 Å². The highest BCUT2D eigenvalue weighted by molar-refractivity contribution is 9.10. The number of rotatable bonds is 4. The number of thiophene rings is 1. The van der Waals surface area contributed by atoms with Gasteiger partial charge in [0.15, 0.2) is 0 Å². The van der Waals surface area contributed by atoms with Crippen LogP contribution in [-0.4, -0.2) is 6.54 Å². The Balaban J connectivity index is 2.41. The van der Waals surface area contributed by atoms with Gasteiger partial charge >= 0.3 is 0 Å². The van der Waals surface area contributed by atoms with Crippen LogP contribution in [0.25, 0.3) is 0 Å². The Bertz CT molecular complexity index is 542. The van der Waals surface area contributed by atoms with Crippen LogP contribution in [0.15, 0.2) is 38.6 Å². The Morgan fingerprint density at radius 1 is 1.28 bits per heavy atom. The van der Waals surface area contributed by atoms with Crippen LogP contribution in [0.2, 0.25) is 5.02 Å². The van der Waals surface area contributed by atoms with Crippen LogP contribution >= 0.6 is 54.8 Å². The van der Waals surface area contributed by atoms with Crippen molar-refractivity contribution in [3.63, 3.8) is 0 Å². The van der Waals surface area contributed by atoms with Crippen LogP contribution in [0, 0.1) is 0 Å². The summed E-state index contributed by atoms with van der Waals surface area (Å²) >= 11 is 14.9. The molecule has 0 aliphatic carbocycles. The maximum Gasteiger partial charge on any atom is 0.0682 e. The zero-order valence-electron chi connectivity index (χ0n) is 9.71. The van der Waals surface area contributed by atoms with Gasteiger partial charge in [0.1, 0.15) is 0 Å². The lowest BCUT2D eigenvalue weighted by Gasteiger charge is -2.18. The van der Waals surface area contributed by atoms with Crippen LogP contribution in [0.5, 0.6) is 0 Å². The molecule has 0 aliphatic rings. The lowest BCUT2D eigenvalue weighted by molar-refractivity contribution is 0.637. The fourth-order valence-electron chi connectivity index (χ4n) is 1.77. The number of halogens is 3. The van der Waals surface area contributed by atoms with Crippen molar-refractivity contribution in [3.8, 4) is 0 Å². The summed E-state index contributed by atoms with van der Waals surface area (Å²) in [6.07, 6.45) is 0. The minimum absolute atomic E-state index is 0.193. The summed E-state index contributed by atoms with van der Waals surface area (Å²) in [6.45, 7) is 3.02. The van der Waals surface area contributed by atoms with Gasteiger partial charge in [0.25, 0.3) is 0 Å². The molecule has 2 rings (SSSR count). The highest BCUT2D eigenvalue weighted by Gasteiger charge is 2.17. The molecule has 0 spiro atoms. The molecule has 1 aromatic carbocycles. The first-order valence-electron chi connectivity index (χ1n) is 5.54. The predicted octanol–water partition coefficient (Wildman–Crippen LogP) is 5.63. The fraction of sp³-hybridized carbons (Fsp3) is 0.231. The van der Waals surface area contributed by atoms with Crippen LogP contribution in [0.3, 0.4) is 0 Å². The summed E-state index contributed by atoms with van der Waals surface area (Å²) < 4.78 is 2.07. The average Bonchev–Trinajstić information content (AvgIpc) is 2.76. The maximum atomic E-state index is 6.04. The van der Waals surface area contributed by atoms with Gasteiger partial charge in [0, 0.05) is 13.8 Å². The molecule has 0 saturated carbocycles. The first-order valence-corrected chi connectivity index (χ1v) is 8.39. The quantitative estimate of drug-likeness (QED) is 0.690. The lowest BCUT2D eigenvalue weighted by atomic mass is 10.1. The van der Waals surface area contributed by atoms with Crippen molar-refractivity contribution in [2.45, 2.75) is 13.0 Å². The molecule has 0 aliphatic heterocycles. The van der Waals surface area contributed by atoms with Gasteiger partial charge in [-0.05, 0) is 67.5 Å². The Labute approximate surface area is 133 Å². The number of nitrogens with one attached hydrogen (secondary N) is 1. The van der Waals surface area contributed by atoms with E-state index < -0.39 is 0 Å². The molecule has 0 radical (unpaired) electrons. The largest absolute Gasteiger partial charge is 0.306 e. The molecule has 0 fully saturated rings. The van der Waals surface area contributed by atoms with Gasteiger partial charge in [-0.1, -0.05) is 24.6 Å². The summed E-state index contributed by atoms with van der Waals surface area (Å²) in [6, 6.07) is 8.33. The molecule has 0 amide bonds. The minimum atomic E-state index is 0.193. The highest BCUT2D eigenvalue weighted by Crippen LogP contribution is 2.35.